The summed E-state index contributed by atoms with van der Waals surface area (Å²) in [6, 6.07) is 6.79. The second-order valence-corrected chi connectivity index (χ2v) is 4.42. The van der Waals surface area contributed by atoms with Crippen LogP contribution in [0.3, 0.4) is 0 Å². The van der Waals surface area contributed by atoms with Gasteiger partial charge >= 0.3 is 0 Å². The van der Waals surface area contributed by atoms with E-state index >= 15 is 0 Å². The topological polar surface area (TPSA) is 81.2 Å². The van der Waals surface area contributed by atoms with Crippen molar-refractivity contribution in [1.29, 1.82) is 0 Å². The molecule has 1 aliphatic rings. The minimum atomic E-state index is -0.288. The number of hydrogen-bond acceptors (Lipinski definition) is 4. The first-order chi connectivity index (χ1) is 9.09. The molecule has 0 bridgehead atoms. The molecule has 0 spiro atoms. The van der Waals surface area contributed by atoms with Gasteiger partial charge in [0.25, 0.3) is 11.8 Å². The van der Waals surface area contributed by atoms with Crippen LogP contribution in [-0.2, 0) is 13.6 Å². The molecule has 0 saturated carbocycles. The second kappa shape index (κ2) is 3.94. The number of nitrogen functional groups attached to an aromatic ring is 1. The van der Waals surface area contributed by atoms with Crippen LogP contribution in [0, 0.1) is 0 Å². The van der Waals surface area contributed by atoms with Crippen molar-refractivity contribution in [3.63, 3.8) is 0 Å². The molecule has 1 aromatic heterocycles. The summed E-state index contributed by atoms with van der Waals surface area (Å²) in [4.78, 5) is 25.5. The monoisotopic (exact) mass is 256 g/mol. The van der Waals surface area contributed by atoms with Gasteiger partial charge in [-0.1, -0.05) is 12.1 Å². The molecule has 2 amide bonds. The Bertz CT molecular complexity index is 655. The Morgan fingerprint density at radius 3 is 2.21 bits per heavy atom. The van der Waals surface area contributed by atoms with Crippen molar-refractivity contribution in [2.24, 2.45) is 7.05 Å². The first kappa shape index (κ1) is 11.5. The molecule has 0 aliphatic carbocycles. The third-order valence-electron chi connectivity index (χ3n) is 3.27. The van der Waals surface area contributed by atoms with Crippen LogP contribution in [0.25, 0.3) is 0 Å². The van der Waals surface area contributed by atoms with Gasteiger partial charge in [0.2, 0.25) is 0 Å². The maximum absolute atomic E-state index is 12.2. The summed E-state index contributed by atoms with van der Waals surface area (Å²) in [6.45, 7) is 0.145. The number of imide groups is 1. The van der Waals surface area contributed by atoms with Gasteiger partial charge in [-0.3, -0.25) is 19.2 Å². The number of aromatic nitrogens is 2. The SMILES string of the molecule is Cn1ncc(CN2C(=O)c3ccccc3C2=O)c1N. The van der Waals surface area contributed by atoms with Crippen LogP contribution in [0.15, 0.2) is 30.5 Å². The molecule has 0 fully saturated rings. The Kier molecular flexibility index (Phi) is 2.38. The Balaban J connectivity index is 1.95. The van der Waals surface area contributed by atoms with E-state index in [-0.39, 0.29) is 18.4 Å². The minimum absolute atomic E-state index is 0.145. The zero-order valence-electron chi connectivity index (χ0n) is 10.3. The van der Waals surface area contributed by atoms with Crippen molar-refractivity contribution < 1.29 is 9.59 Å². The number of hydrogen-bond donors (Lipinski definition) is 1. The Labute approximate surface area is 109 Å². The number of rotatable bonds is 2. The van der Waals surface area contributed by atoms with Crippen molar-refractivity contribution in [3.8, 4) is 0 Å². The summed E-state index contributed by atoms with van der Waals surface area (Å²) in [6.07, 6.45) is 1.57. The van der Waals surface area contributed by atoms with Gasteiger partial charge < -0.3 is 5.73 Å². The van der Waals surface area contributed by atoms with Crippen molar-refractivity contribution in [2.75, 3.05) is 5.73 Å². The minimum Gasteiger partial charge on any atom is -0.384 e. The van der Waals surface area contributed by atoms with Crippen molar-refractivity contribution >= 4 is 17.6 Å². The fourth-order valence-electron chi connectivity index (χ4n) is 2.17. The van der Waals surface area contributed by atoms with Crippen molar-refractivity contribution in [1.82, 2.24) is 14.7 Å². The lowest BCUT2D eigenvalue weighted by Gasteiger charge is -2.12. The first-order valence-corrected chi connectivity index (χ1v) is 5.81. The summed E-state index contributed by atoms with van der Waals surface area (Å²) in [5.41, 5.74) is 7.37. The van der Waals surface area contributed by atoms with Gasteiger partial charge in [-0.05, 0) is 12.1 Å². The summed E-state index contributed by atoms with van der Waals surface area (Å²) < 4.78 is 1.51. The highest BCUT2D eigenvalue weighted by molar-refractivity contribution is 6.21. The third kappa shape index (κ3) is 1.61. The van der Waals surface area contributed by atoms with Gasteiger partial charge in [-0.15, -0.1) is 0 Å². The Hall–Kier alpha value is -2.63. The normalized spacial score (nSPS) is 14.1. The van der Waals surface area contributed by atoms with Gasteiger partial charge in [0.1, 0.15) is 5.82 Å². The summed E-state index contributed by atoms with van der Waals surface area (Å²) >= 11 is 0. The van der Waals surface area contributed by atoms with E-state index in [1.807, 2.05) is 0 Å². The van der Waals surface area contributed by atoms with E-state index in [0.717, 1.165) is 0 Å². The highest BCUT2D eigenvalue weighted by Crippen LogP contribution is 2.25. The zero-order chi connectivity index (χ0) is 13.6. The van der Waals surface area contributed by atoms with Crippen LogP contribution in [0.2, 0.25) is 0 Å². The number of benzene rings is 1. The number of anilines is 1. The van der Waals surface area contributed by atoms with E-state index in [1.54, 1.807) is 37.5 Å². The molecule has 2 aromatic rings. The van der Waals surface area contributed by atoms with Crippen LogP contribution in [0.5, 0.6) is 0 Å². The lowest BCUT2D eigenvalue weighted by molar-refractivity contribution is 0.0642. The largest absolute Gasteiger partial charge is 0.384 e. The number of carbonyl (C=O) groups is 2. The van der Waals surface area contributed by atoms with Crippen molar-refractivity contribution in [3.05, 3.63) is 47.2 Å². The Morgan fingerprint density at radius 1 is 1.16 bits per heavy atom. The number of nitrogens with two attached hydrogens (primary N) is 1. The molecule has 0 saturated heterocycles. The number of aryl methyl sites for hydroxylation is 1. The van der Waals surface area contributed by atoms with Gasteiger partial charge in [-0.25, -0.2) is 0 Å². The highest BCUT2D eigenvalue weighted by atomic mass is 16.2. The molecule has 1 aliphatic heterocycles. The van der Waals surface area contributed by atoms with Gasteiger partial charge in [0.15, 0.2) is 0 Å². The predicted molar refractivity (Wildman–Crippen MR) is 68.3 cm³/mol. The van der Waals surface area contributed by atoms with E-state index in [2.05, 4.69) is 5.10 Å². The molecule has 2 heterocycles. The fraction of sp³-hybridized carbons (Fsp3) is 0.154. The molecule has 3 rings (SSSR count). The highest BCUT2D eigenvalue weighted by Gasteiger charge is 2.35. The molecule has 1 aromatic carbocycles. The predicted octanol–water partition coefficient (Wildman–Crippen LogP) is 0.798. The van der Waals surface area contributed by atoms with Crippen LogP contribution >= 0.6 is 0 Å². The summed E-state index contributed by atoms with van der Waals surface area (Å²) in [7, 11) is 1.71. The van der Waals surface area contributed by atoms with E-state index < -0.39 is 0 Å². The summed E-state index contributed by atoms with van der Waals surface area (Å²) in [5.74, 6) is -0.121. The van der Waals surface area contributed by atoms with Crippen LogP contribution in [-0.4, -0.2) is 26.5 Å². The molecule has 0 unspecified atom stereocenters. The maximum atomic E-state index is 12.2. The average Bonchev–Trinajstić information content (AvgIpc) is 2.86. The second-order valence-electron chi connectivity index (χ2n) is 4.42. The van der Waals surface area contributed by atoms with Gasteiger partial charge in [-0.2, -0.15) is 5.10 Å². The number of carbonyl (C=O) groups excluding carboxylic acids is 2. The number of nitrogens with zero attached hydrogens (tertiary/aromatic N) is 3. The van der Waals surface area contributed by atoms with E-state index in [0.29, 0.717) is 22.5 Å². The molecule has 2 N–H and O–H groups in total. The first-order valence-electron chi connectivity index (χ1n) is 5.81. The van der Waals surface area contributed by atoms with Gasteiger partial charge in [0.05, 0.1) is 23.9 Å². The molecular formula is C13H12N4O2. The van der Waals surface area contributed by atoms with Crippen molar-refractivity contribution in [2.45, 2.75) is 6.54 Å². The van der Waals surface area contributed by atoms with Crippen LogP contribution < -0.4 is 5.73 Å². The van der Waals surface area contributed by atoms with E-state index in [4.69, 9.17) is 5.73 Å². The fourth-order valence-corrected chi connectivity index (χ4v) is 2.17. The smallest absolute Gasteiger partial charge is 0.261 e. The lowest BCUT2D eigenvalue weighted by atomic mass is 10.1. The molecule has 6 heteroatoms. The zero-order valence-corrected chi connectivity index (χ0v) is 10.3. The molecular weight excluding hydrogens is 244 g/mol. The Morgan fingerprint density at radius 2 is 1.74 bits per heavy atom. The quantitative estimate of drug-likeness (QED) is 0.806. The summed E-state index contributed by atoms with van der Waals surface area (Å²) in [5, 5.41) is 4.00. The standard InChI is InChI=1S/C13H12N4O2/c1-16-11(14)8(6-15-16)7-17-12(18)9-4-2-3-5-10(9)13(17)19/h2-6H,7,14H2,1H3. The number of fused-ring (bicyclic) bond motifs is 1. The molecule has 6 nitrogen and oxygen atoms in total. The number of amides is 2. The molecule has 19 heavy (non-hydrogen) atoms. The molecule has 0 radical (unpaired) electrons. The molecule has 0 atom stereocenters. The van der Waals surface area contributed by atoms with Crippen LogP contribution in [0.4, 0.5) is 5.82 Å². The van der Waals surface area contributed by atoms with E-state index in [9.17, 15) is 9.59 Å². The maximum Gasteiger partial charge on any atom is 0.261 e. The average molecular weight is 256 g/mol. The lowest BCUT2D eigenvalue weighted by Crippen LogP contribution is -2.29. The molecule has 96 valence electrons. The van der Waals surface area contributed by atoms with Gasteiger partial charge in [0, 0.05) is 12.6 Å². The van der Waals surface area contributed by atoms with E-state index in [1.165, 1.54) is 9.58 Å². The van der Waals surface area contributed by atoms with Crippen LogP contribution in [0.1, 0.15) is 26.3 Å². The third-order valence-corrected chi connectivity index (χ3v) is 3.27.